The molecular formula is C26H22ClF2NO4. The molecule has 1 heterocycles. The third-order valence-corrected chi connectivity index (χ3v) is 6.13. The summed E-state index contributed by atoms with van der Waals surface area (Å²) in [4.78, 5) is 25.6. The fourth-order valence-corrected chi connectivity index (χ4v) is 4.44. The van der Waals surface area contributed by atoms with Crippen LogP contribution in [0.5, 0.6) is 5.75 Å². The summed E-state index contributed by atoms with van der Waals surface area (Å²) in [5.41, 5.74) is 0.868. The minimum atomic E-state index is -1.23. The number of rotatable bonds is 7. The van der Waals surface area contributed by atoms with Gasteiger partial charge in [0, 0.05) is 29.0 Å². The van der Waals surface area contributed by atoms with Crippen LogP contribution in [0.25, 0.3) is 0 Å². The van der Waals surface area contributed by atoms with Crippen molar-refractivity contribution < 1.29 is 28.2 Å². The van der Waals surface area contributed by atoms with Crippen molar-refractivity contribution in [2.24, 2.45) is 0 Å². The minimum Gasteiger partial charge on any atom is -0.487 e. The Morgan fingerprint density at radius 2 is 1.82 bits per heavy atom. The first-order chi connectivity index (χ1) is 16.1. The molecule has 0 aliphatic carbocycles. The number of hydrogen-bond acceptors (Lipinski definition) is 3. The number of carbonyl (C=O) groups is 2. The number of halogens is 3. The molecule has 0 spiro atoms. The molecule has 1 amide bonds. The van der Waals surface area contributed by atoms with Gasteiger partial charge in [0.25, 0.3) is 5.91 Å². The van der Waals surface area contributed by atoms with Crippen LogP contribution in [0.15, 0.2) is 60.7 Å². The predicted molar refractivity (Wildman–Crippen MR) is 123 cm³/mol. The van der Waals surface area contributed by atoms with Gasteiger partial charge in [0.15, 0.2) is 0 Å². The molecule has 1 atom stereocenters. The van der Waals surface area contributed by atoms with Crippen LogP contribution < -0.4 is 4.74 Å². The van der Waals surface area contributed by atoms with E-state index in [1.807, 2.05) is 6.92 Å². The van der Waals surface area contributed by atoms with Crippen LogP contribution in [0.1, 0.15) is 34.0 Å². The van der Waals surface area contributed by atoms with Gasteiger partial charge in [-0.3, -0.25) is 9.59 Å². The lowest BCUT2D eigenvalue weighted by Crippen LogP contribution is -2.35. The Morgan fingerprint density at radius 1 is 1.09 bits per heavy atom. The number of amides is 1. The molecule has 1 aliphatic heterocycles. The SMILES string of the molecule is CC1(Cc2ccccc2F)Cc2cc(C(=O)N(CC(=O)O)Cc3c(F)cccc3Cl)ccc2O1. The lowest BCUT2D eigenvalue weighted by atomic mass is 9.91. The van der Waals surface area contributed by atoms with E-state index in [0.29, 0.717) is 24.2 Å². The van der Waals surface area contributed by atoms with E-state index < -0.39 is 29.8 Å². The van der Waals surface area contributed by atoms with Crippen molar-refractivity contribution in [1.82, 2.24) is 4.90 Å². The number of carbonyl (C=O) groups excluding carboxylic acids is 1. The van der Waals surface area contributed by atoms with E-state index in [1.54, 1.807) is 30.3 Å². The zero-order valence-corrected chi connectivity index (χ0v) is 19.1. The lowest BCUT2D eigenvalue weighted by Gasteiger charge is -2.24. The third-order valence-electron chi connectivity index (χ3n) is 5.77. The highest BCUT2D eigenvalue weighted by Crippen LogP contribution is 2.38. The normalized spacial score (nSPS) is 16.6. The molecule has 3 aromatic carbocycles. The quantitative estimate of drug-likeness (QED) is 0.494. The van der Waals surface area contributed by atoms with Gasteiger partial charge in [0.2, 0.25) is 0 Å². The summed E-state index contributed by atoms with van der Waals surface area (Å²) in [6.07, 6.45) is 0.782. The first-order valence-electron chi connectivity index (χ1n) is 10.6. The lowest BCUT2D eigenvalue weighted by molar-refractivity contribution is -0.137. The summed E-state index contributed by atoms with van der Waals surface area (Å²) in [5, 5.41) is 9.42. The molecule has 176 valence electrons. The maximum absolute atomic E-state index is 14.3. The highest BCUT2D eigenvalue weighted by Gasteiger charge is 2.36. The van der Waals surface area contributed by atoms with Crippen molar-refractivity contribution in [2.75, 3.05) is 6.54 Å². The molecule has 4 rings (SSSR count). The molecule has 1 unspecified atom stereocenters. The van der Waals surface area contributed by atoms with Crippen molar-refractivity contribution >= 4 is 23.5 Å². The Labute approximate surface area is 200 Å². The van der Waals surface area contributed by atoms with Crippen LogP contribution in [-0.4, -0.2) is 34.0 Å². The van der Waals surface area contributed by atoms with E-state index in [2.05, 4.69) is 0 Å². The number of benzene rings is 3. The molecule has 0 bridgehead atoms. The molecule has 8 heteroatoms. The third kappa shape index (κ3) is 5.04. The number of ether oxygens (including phenoxy) is 1. The average Bonchev–Trinajstić information content (AvgIpc) is 3.11. The minimum absolute atomic E-state index is 0.0423. The van der Waals surface area contributed by atoms with Gasteiger partial charge in [0.05, 0.1) is 6.54 Å². The van der Waals surface area contributed by atoms with Gasteiger partial charge < -0.3 is 14.7 Å². The molecule has 3 aromatic rings. The highest BCUT2D eigenvalue weighted by atomic mass is 35.5. The largest absolute Gasteiger partial charge is 0.487 e. The van der Waals surface area contributed by atoms with Crippen molar-refractivity contribution in [2.45, 2.75) is 31.9 Å². The van der Waals surface area contributed by atoms with Gasteiger partial charge in [-0.25, -0.2) is 8.78 Å². The highest BCUT2D eigenvalue weighted by molar-refractivity contribution is 6.31. The van der Waals surface area contributed by atoms with Crippen LogP contribution in [0.2, 0.25) is 5.02 Å². The summed E-state index contributed by atoms with van der Waals surface area (Å²) in [5.74, 6) is -2.16. The second kappa shape index (κ2) is 9.43. The van der Waals surface area contributed by atoms with Crippen LogP contribution >= 0.6 is 11.6 Å². The molecular weight excluding hydrogens is 464 g/mol. The van der Waals surface area contributed by atoms with Gasteiger partial charge in [0.1, 0.15) is 29.5 Å². The number of fused-ring (bicyclic) bond motifs is 1. The van der Waals surface area contributed by atoms with Gasteiger partial charge in [-0.1, -0.05) is 35.9 Å². The van der Waals surface area contributed by atoms with E-state index in [1.165, 1.54) is 30.3 Å². The number of carboxylic acids is 1. The van der Waals surface area contributed by atoms with Crippen LogP contribution in [0, 0.1) is 11.6 Å². The number of aliphatic carboxylic acids is 1. The first kappa shape index (κ1) is 23.7. The maximum Gasteiger partial charge on any atom is 0.323 e. The van der Waals surface area contributed by atoms with Gasteiger partial charge in [-0.05, 0) is 54.4 Å². The van der Waals surface area contributed by atoms with Crippen molar-refractivity contribution in [1.29, 1.82) is 0 Å². The molecule has 0 fully saturated rings. The maximum atomic E-state index is 14.3. The molecule has 34 heavy (non-hydrogen) atoms. The van der Waals surface area contributed by atoms with E-state index in [4.69, 9.17) is 16.3 Å². The predicted octanol–water partition coefficient (Wildman–Crippen LogP) is 5.28. The van der Waals surface area contributed by atoms with E-state index >= 15 is 0 Å². The monoisotopic (exact) mass is 485 g/mol. The molecule has 0 aromatic heterocycles. The van der Waals surface area contributed by atoms with Crippen LogP contribution in [0.4, 0.5) is 8.78 Å². The van der Waals surface area contributed by atoms with Crippen molar-refractivity contribution in [3.63, 3.8) is 0 Å². The number of nitrogens with zero attached hydrogens (tertiary/aromatic N) is 1. The summed E-state index contributed by atoms with van der Waals surface area (Å²) in [6.45, 7) is 0.954. The van der Waals surface area contributed by atoms with E-state index in [0.717, 1.165) is 10.5 Å². The summed E-state index contributed by atoms with van der Waals surface area (Å²) in [7, 11) is 0. The summed E-state index contributed by atoms with van der Waals surface area (Å²) in [6, 6.07) is 15.4. The molecule has 1 aliphatic rings. The molecule has 0 radical (unpaired) electrons. The van der Waals surface area contributed by atoms with Gasteiger partial charge >= 0.3 is 5.97 Å². The summed E-state index contributed by atoms with van der Waals surface area (Å²) < 4.78 is 34.5. The topological polar surface area (TPSA) is 66.8 Å². The molecule has 5 nitrogen and oxygen atoms in total. The van der Waals surface area contributed by atoms with Crippen molar-refractivity contribution in [3.05, 3.63) is 99.6 Å². The van der Waals surface area contributed by atoms with Gasteiger partial charge in [-0.2, -0.15) is 0 Å². The number of carboxylic acid groups (broad SMARTS) is 1. The average molecular weight is 486 g/mol. The molecule has 0 saturated carbocycles. The fourth-order valence-electron chi connectivity index (χ4n) is 4.22. The Kier molecular flexibility index (Phi) is 6.57. The second-order valence-corrected chi connectivity index (χ2v) is 8.98. The number of hydrogen-bond donors (Lipinski definition) is 1. The molecule has 1 N–H and O–H groups in total. The van der Waals surface area contributed by atoms with Crippen molar-refractivity contribution in [3.8, 4) is 5.75 Å². The Hall–Kier alpha value is -3.45. The smallest absolute Gasteiger partial charge is 0.323 e. The summed E-state index contributed by atoms with van der Waals surface area (Å²) >= 11 is 6.08. The van der Waals surface area contributed by atoms with E-state index in [9.17, 15) is 23.5 Å². The molecule has 0 saturated heterocycles. The van der Waals surface area contributed by atoms with Gasteiger partial charge in [-0.15, -0.1) is 0 Å². The Morgan fingerprint density at radius 3 is 2.53 bits per heavy atom. The zero-order chi connectivity index (χ0) is 24.5. The fraction of sp³-hybridized carbons (Fsp3) is 0.231. The standard InChI is InChI=1S/C26H22ClF2NO4/c1-26(12-17-5-2-3-7-21(17)28)13-18-11-16(9-10-23(18)34-26)25(33)30(15-24(31)32)14-19-20(27)6-4-8-22(19)29/h2-11H,12-15H2,1H3,(H,31,32). The Bertz CT molecular complexity index is 1250. The van der Waals surface area contributed by atoms with Crippen LogP contribution in [0.3, 0.4) is 0 Å². The Balaban J connectivity index is 1.57. The van der Waals surface area contributed by atoms with E-state index in [-0.39, 0.29) is 28.5 Å². The first-order valence-corrected chi connectivity index (χ1v) is 11.0. The zero-order valence-electron chi connectivity index (χ0n) is 18.4. The van der Waals surface area contributed by atoms with Crippen LogP contribution in [-0.2, 0) is 24.2 Å². The second-order valence-electron chi connectivity index (χ2n) is 8.57.